The van der Waals surface area contributed by atoms with Crippen LogP contribution in [0.5, 0.6) is 0 Å². The predicted molar refractivity (Wildman–Crippen MR) is 130 cm³/mol. The number of para-hydroxylation sites is 1. The van der Waals surface area contributed by atoms with Crippen LogP contribution < -0.4 is 0 Å². The molecule has 2 aromatic carbocycles. The van der Waals surface area contributed by atoms with Crippen LogP contribution >= 0.6 is 0 Å². The third kappa shape index (κ3) is 3.61. The van der Waals surface area contributed by atoms with Crippen LogP contribution in [0.15, 0.2) is 48.5 Å². The zero-order valence-corrected chi connectivity index (χ0v) is 20.2. The van der Waals surface area contributed by atoms with Crippen LogP contribution in [-0.2, 0) is 19.9 Å². The van der Waals surface area contributed by atoms with Crippen molar-refractivity contribution in [3.05, 3.63) is 83.1 Å². The molecule has 1 saturated heterocycles. The number of halogens is 2. The molecule has 2 aromatic heterocycles. The Bertz CT molecular complexity index is 1440. The monoisotopic (exact) mass is 488 g/mol. The normalized spacial score (nSPS) is 18.8. The molecule has 2 aliphatic heterocycles. The topological polar surface area (TPSA) is 68.8 Å². The van der Waals surface area contributed by atoms with Crippen molar-refractivity contribution in [2.45, 2.75) is 51.1 Å². The summed E-state index contributed by atoms with van der Waals surface area (Å²) in [6.45, 7) is 1.99. The molecule has 4 heterocycles. The molecule has 36 heavy (non-hydrogen) atoms. The Morgan fingerprint density at radius 3 is 2.53 bits per heavy atom. The van der Waals surface area contributed by atoms with E-state index in [1.807, 2.05) is 42.2 Å². The lowest BCUT2D eigenvalue weighted by Gasteiger charge is -2.44. The fraction of sp³-hybridized carbons (Fsp3) is 0.333. The highest BCUT2D eigenvalue weighted by atomic mass is 19.1. The Labute approximate surface area is 207 Å². The first-order valence-electron chi connectivity index (χ1n) is 12.3. The van der Waals surface area contributed by atoms with E-state index < -0.39 is 11.6 Å². The number of rotatable bonds is 4. The van der Waals surface area contributed by atoms with E-state index in [2.05, 4.69) is 10.1 Å². The Hall–Kier alpha value is -3.88. The Morgan fingerprint density at radius 2 is 1.81 bits per heavy atom. The van der Waals surface area contributed by atoms with E-state index in [1.54, 1.807) is 16.4 Å². The zero-order valence-electron chi connectivity index (χ0n) is 20.2. The van der Waals surface area contributed by atoms with Gasteiger partial charge in [-0.3, -0.25) is 9.48 Å². The number of aryl methyl sites for hydroxylation is 2. The van der Waals surface area contributed by atoms with E-state index in [9.17, 15) is 13.6 Å². The van der Waals surface area contributed by atoms with E-state index in [4.69, 9.17) is 5.10 Å². The van der Waals surface area contributed by atoms with Crippen molar-refractivity contribution < 1.29 is 13.6 Å². The van der Waals surface area contributed by atoms with Crippen molar-refractivity contribution in [2.24, 2.45) is 7.05 Å². The number of benzene rings is 2. The maximum absolute atomic E-state index is 14.0. The molecule has 2 unspecified atom stereocenters. The summed E-state index contributed by atoms with van der Waals surface area (Å²) in [7, 11) is 1.78. The number of hydrogen-bond donors (Lipinski definition) is 0. The van der Waals surface area contributed by atoms with Crippen LogP contribution in [0.4, 0.5) is 8.78 Å². The molecule has 4 aromatic rings. The fourth-order valence-corrected chi connectivity index (χ4v) is 5.76. The molecule has 0 radical (unpaired) electrons. The second-order valence-corrected chi connectivity index (χ2v) is 9.46. The smallest absolute Gasteiger partial charge is 0.294 e. The molecule has 1 amide bonds. The lowest BCUT2D eigenvalue weighted by Crippen LogP contribution is -2.50. The standard InChI is InChI=1S/C27H26F2N6O/c1-3-23-30-26(32-35(23)19-8-5-4-6-9-19)27(36)34-20-10-7-11-22(34)24-21(15-20)25(33(2)31-24)16-12-17(28)14-18(29)13-16/h4-6,8-9,12-14,20,22H,3,7,10-11,15H2,1-2H3. The maximum atomic E-state index is 14.0. The first-order chi connectivity index (χ1) is 17.4. The van der Waals surface area contributed by atoms with Crippen LogP contribution in [-0.4, -0.2) is 41.4 Å². The molecule has 0 saturated carbocycles. The molecule has 2 bridgehead atoms. The summed E-state index contributed by atoms with van der Waals surface area (Å²) in [5, 5.41) is 9.36. The molecule has 2 aliphatic rings. The quantitative estimate of drug-likeness (QED) is 0.414. The van der Waals surface area contributed by atoms with Crippen molar-refractivity contribution in [2.75, 3.05) is 0 Å². The van der Waals surface area contributed by atoms with Crippen LogP contribution in [0.2, 0.25) is 0 Å². The van der Waals surface area contributed by atoms with Crippen LogP contribution in [0.3, 0.4) is 0 Å². The zero-order chi connectivity index (χ0) is 25.0. The summed E-state index contributed by atoms with van der Waals surface area (Å²) in [6, 6.07) is 12.9. The lowest BCUT2D eigenvalue weighted by molar-refractivity contribution is 0.0379. The highest BCUT2D eigenvalue weighted by molar-refractivity contribution is 5.91. The highest BCUT2D eigenvalue weighted by Gasteiger charge is 2.44. The van der Waals surface area contributed by atoms with Crippen molar-refractivity contribution in [3.63, 3.8) is 0 Å². The molecule has 184 valence electrons. The molecule has 1 fully saturated rings. The van der Waals surface area contributed by atoms with Gasteiger partial charge >= 0.3 is 0 Å². The number of amides is 1. The van der Waals surface area contributed by atoms with Gasteiger partial charge in [0.15, 0.2) is 0 Å². The first-order valence-corrected chi connectivity index (χ1v) is 12.3. The largest absolute Gasteiger partial charge is 0.324 e. The molecule has 0 N–H and O–H groups in total. The van der Waals surface area contributed by atoms with E-state index >= 15 is 0 Å². The Morgan fingerprint density at radius 1 is 1.06 bits per heavy atom. The van der Waals surface area contributed by atoms with E-state index in [0.717, 1.165) is 48.1 Å². The van der Waals surface area contributed by atoms with Crippen molar-refractivity contribution in [1.29, 1.82) is 0 Å². The SMILES string of the molecule is CCc1nc(C(=O)N2C3CCCC2c2nn(C)c(-c4cc(F)cc(F)c4)c2C3)nn1-c1ccccc1. The van der Waals surface area contributed by atoms with Gasteiger partial charge in [-0.05, 0) is 49.9 Å². The molecule has 2 atom stereocenters. The first kappa shape index (κ1) is 22.6. The number of carbonyl (C=O) groups excluding carboxylic acids is 1. The molecular formula is C27H26F2N6O. The number of nitrogens with zero attached hydrogens (tertiary/aromatic N) is 6. The summed E-state index contributed by atoms with van der Waals surface area (Å²) in [4.78, 5) is 20.3. The molecule has 0 aliphatic carbocycles. The van der Waals surface area contributed by atoms with Crippen LogP contribution in [0.1, 0.15) is 59.9 Å². The highest BCUT2D eigenvalue weighted by Crippen LogP contribution is 2.45. The third-order valence-electron chi connectivity index (χ3n) is 7.23. The maximum Gasteiger partial charge on any atom is 0.294 e. The Kier molecular flexibility index (Phi) is 5.43. The van der Waals surface area contributed by atoms with Gasteiger partial charge in [-0.1, -0.05) is 25.1 Å². The van der Waals surface area contributed by atoms with E-state index in [-0.39, 0.29) is 23.8 Å². The fourth-order valence-electron chi connectivity index (χ4n) is 5.76. The number of carbonyl (C=O) groups is 1. The van der Waals surface area contributed by atoms with Gasteiger partial charge in [0.25, 0.3) is 5.91 Å². The molecule has 0 spiro atoms. The van der Waals surface area contributed by atoms with Crippen LogP contribution in [0, 0.1) is 11.6 Å². The van der Waals surface area contributed by atoms with Gasteiger partial charge in [0, 0.05) is 36.7 Å². The predicted octanol–water partition coefficient (Wildman–Crippen LogP) is 4.80. The number of fused-ring (bicyclic) bond motifs is 4. The van der Waals surface area contributed by atoms with Gasteiger partial charge in [-0.25, -0.2) is 18.4 Å². The average molecular weight is 489 g/mol. The minimum absolute atomic E-state index is 0.0566. The van der Waals surface area contributed by atoms with Crippen LogP contribution in [0.25, 0.3) is 16.9 Å². The lowest BCUT2D eigenvalue weighted by atomic mass is 9.81. The van der Waals surface area contributed by atoms with Gasteiger partial charge in [0.2, 0.25) is 5.82 Å². The number of aromatic nitrogens is 5. The van der Waals surface area contributed by atoms with Gasteiger partial charge in [0.1, 0.15) is 17.5 Å². The molecule has 7 nitrogen and oxygen atoms in total. The summed E-state index contributed by atoms with van der Waals surface area (Å²) >= 11 is 0. The summed E-state index contributed by atoms with van der Waals surface area (Å²) in [5.74, 6) is -0.553. The third-order valence-corrected chi connectivity index (χ3v) is 7.23. The van der Waals surface area contributed by atoms with Gasteiger partial charge in [-0.15, -0.1) is 5.10 Å². The van der Waals surface area contributed by atoms with Gasteiger partial charge < -0.3 is 4.90 Å². The second-order valence-electron chi connectivity index (χ2n) is 9.46. The van der Waals surface area contributed by atoms with Crippen molar-refractivity contribution in [1.82, 2.24) is 29.4 Å². The van der Waals surface area contributed by atoms with Crippen molar-refractivity contribution >= 4 is 5.91 Å². The van der Waals surface area contributed by atoms with E-state index in [0.29, 0.717) is 24.1 Å². The van der Waals surface area contributed by atoms with Crippen molar-refractivity contribution in [3.8, 4) is 16.9 Å². The summed E-state index contributed by atoms with van der Waals surface area (Å²) < 4.78 is 31.4. The molecular weight excluding hydrogens is 462 g/mol. The van der Waals surface area contributed by atoms with E-state index in [1.165, 1.54) is 12.1 Å². The van der Waals surface area contributed by atoms with Gasteiger partial charge in [-0.2, -0.15) is 5.10 Å². The second kappa shape index (κ2) is 8.65. The average Bonchev–Trinajstić information content (AvgIpc) is 3.44. The Balaban J connectivity index is 1.39. The molecule has 6 rings (SSSR count). The number of piperidine rings is 1. The summed E-state index contributed by atoms with van der Waals surface area (Å²) in [6.07, 6.45) is 3.79. The minimum Gasteiger partial charge on any atom is -0.324 e. The van der Waals surface area contributed by atoms with Gasteiger partial charge in [0.05, 0.1) is 23.1 Å². The minimum atomic E-state index is -0.625. The summed E-state index contributed by atoms with van der Waals surface area (Å²) in [5.41, 5.74) is 3.77. The molecule has 9 heteroatoms. The number of hydrogen-bond acceptors (Lipinski definition) is 4.